The molecular formula is C17H27N5O. The van der Waals surface area contributed by atoms with Crippen LogP contribution in [0.1, 0.15) is 43.1 Å². The fourth-order valence-corrected chi connectivity index (χ4v) is 3.47. The summed E-state index contributed by atoms with van der Waals surface area (Å²) in [7, 11) is 2.09. The molecule has 1 aromatic heterocycles. The molecule has 1 unspecified atom stereocenters. The van der Waals surface area contributed by atoms with Gasteiger partial charge in [-0.2, -0.15) is 0 Å². The minimum absolute atomic E-state index is 0.0341. The van der Waals surface area contributed by atoms with Crippen molar-refractivity contribution in [2.45, 2.75) is 38.6 Å². The van der Waals surface area contributed by atoms with Crippen LogP contribution in [0.25, 0.3) is 0 Å². The number of piperazine rings is 1. The minimum atomic E-state index is 0.0341. The molecular weight excluding hydrogens is 290 g/mol. The van der Waals surface area contributed by atoms with Gasteiger partial charge in [0.25, 0.3) is 5.91 Å². The Bertz CT molecular complexity index is 542. The summed E-state index contributed by atoms with van der Waals surface area (Å²) < 4.78 is 0. The van der Waals surface area contributed by atoms with E-state index in [0.29, 0.717) is 11.7 Å². The molecule has 1 amide bonds. The number of rotatable bonds is 3. The van der Waals surface area contributed by atoms with Crippen LogP contribution >= 0.6 is 0 Å². The van der Waals surface area contributed by atoms with Gasteiger partial charge >= 0.3 is 0 Å². The van der Waals surface area contributed by atoms with Crippen molar-refractivity contribution in [2.75, 3.05) is 44.7 Å². The fraction of sp³-hybridized carbons (Fsp3) is 0.706. The zero-order valence-corrected chi connectivity index (χ0v) is 14.2. The van der Waals surface area contributed by atoms with E-state index in [2.05, 4.69) is 33.7 Å². The SMILES string of the molecule is CCC1CCCCN1c1nccc(C(=O)N2CCN(C)CC2)n1. The molecule has 0 spiro atoms. The Morgan fingerprint density at radius 1 is 1.22 bits per heavy atom. The van der Waals surface area contributed by atoms with E-state index in [1.165, 1.54) is 19.3 Å². The number of amides is 1. The van der Waals surface area contributed by atoms with E-state index in [-0.39, 0.29) is 5.91 Å². The van der Waals surface area contributed by atoms with Crippen LogP contribution in [0, 0.1) is 0 Å². The molecule has 1 atom stereocenters. The number of anilines is 1. The molecule has 6 nitrogen and oxygen atoms in total. The maximum Gasteiger partial charge on any atom is 0.272 e. The zero-order valence-electron chi connectivity index (χ0n) is 14.2. The predicted octanol–water partition coefficient (Wildman–Crippen LogP) is 1.63. The molecule has 3 rings (SSSR count). The van der Waals surface area contributed by atoms with Crippen molar-refractivity contribution in [3.05, 3.63) is 18.0 Å². The van der Waals surface area contributed by atoms with Crippen molar-refractivity contribution in [2.24, 2.45) is 0 Å². The largest absolute Gasteiger partial charge is 0.338 e. The van der Waals surface area contributed by atoms with Crippen LogP contribution in [0.5, 0.6) is 0 Å². The van der Waals surface area contributed by atoms with E-state index in [9.17, 15) is 4.79 Å². The van der Waals surface area contributed by atoms with Gasteiger partial charge in [0, 0.05) is 45.0 Å². The molecule has 2 aliphatic rings. The summed E-state index contributed by atoms with van der Waals surface area (Å²) in [6.45, 7) is 6.60. The topological polar surface area (TPSA) is 52.6 Å². The molecule has 0 N–H and O–H groups in total. The van der Waals surface area contributed by atoms with Gasteiger partial charge in [0.2, 0.25) is 5.95 Å². The molecule has 6 heteroatoms. The van der Waals surface area contributed by atoms with Crippen LogP contribution in [0.15, 0.2) is 12.3 Å². The van der Waals surface area contributed by atoms with Crippen LogP contribution in [0.4, 0.5) is 5.95 Å². The summed E-state index contributed by atoms with van der Waals surface area (Å²) in [4.78, 5) is 28.2. The first-order chi connectivity index (χ1) is 11.2. The molecule has 0 aliphatic carbocycles. The van der Waals surface area contributed by atoms with Gasteiger partial charge in [-0.3, -0.25) is 4.79 Å². The maximum atomic E-state index is 12.7. The Balaban J connectivity index is 1.75. The summed E-state index contributed by atoms with van der Waals surface area (Å²) in [6.07, 6.45) is 6.47. The molecule has 1 aromatic rings. The monoisotopic (exact) mass is 317 g/mol. The highest BCUT2D eigenvalue weighted by Crippen LogP contribution is 2.23. The Hall–Kier alpha value is -1.69. The van der Waals surface area contributed by atoms with Crippen LogP contribution in [-0.4, -0.2) is 71.5 Å². The van der Waals surface area contributed by atoms with Crippen LogP contribution in [-0.2, 0) is 0 Å². The molecule has 0 radical (unpaired) electrons. The third-order valence-corrected chi connectivity index (χ3v) is 5.01. The Kier molecular flexibility index (Phi) is 5.10. The Labute approximate surface area is 138 Å². The standard InChI is InChI=1S/C17H27N5O/c1-3-14-6-4-5-9-22(14)17-18-8-7-15(19-17)16(23)21-12-10-20(2)11-13-21/h7-8,14H,3-6,9-13H2,1-2H3. The van der Waals surface area contributed by atoms with Crippen molar-refractivity contribution in [3.63, 3.8) is 0 Å². The van der Waals surface area contributed by atoms with E-state index in [1.54, 1.807) is 12.3 Å². The Morgan fingerprint density at radius 3 is 2.74 bits per heavy atom. The van der Waals surface area contributed by atoms with Crippen molar-refractivity contribution in [3.8, 4) is 0 Å². The summed E-state index contributed by atoms with van der Waals surface area (Å²) in [5, 5.41) is 0. The second-order valence-corrected chi connectivity index (χ2v) is 6.59. The van der Waals surface area contributed by atoms with Crippen LogP contribution in [0.2, 0.25) is 0 Å². The molecule has 2 fully saturated rings. The van der Waals surface area contributed by atoms with Gasteiger partial charge in [-0.1, -0.05) is 6.92 Å². The summed E-state index contributed by atoms with van der Waals surface area (Å²) in [6, 6.07) is 2.24. The molecule has 0 saturated carbocycles. The molecule has 0 aromatic carbocycles. The summed E-state index contributed by atoms with van der Waals surface area (Å²) in [5.41, 5.74) is 0.528. The lowest BCUT2D eigenvalue weighted by atomic mass is 10.0. The number of likely N-dealkylation sites (N-methyl/N-ethyl adjacent to an activating group) is 1. The van der Waals surface area contributed by atoms with Gasteiger partial charge in [-0.25, -0.2) is 9.97 Å². The smallest absolute Gasteiger partial charge is 0.272 e. The van der Waals surface area contributed by atoms with E-state index >= 15 is 0 Å². The van der Waals surface area contributed by atoms with Gasteiger partial charge in [0.1, 0.15) is 5.69 Å². The first kappa shape index (κ1) is 16.2. The van der Waals surface area contributed by atoms with Crippen molar-refractivity contribution < 1.29 is 4.79 Å². The number of nitrogens with zero attached hydrogens (tertiary/aromatic N) is 5. The fourth-order valence-electron chi connectivity index (χ4n) is 3.47. The first-order valence-corrected chi connectivity index (χ1v) is 8.76. The number of carbonyl (C=O) groups is 1. The molecule has 2 aliphatic heterocycles. The summed E-state index contributed by atoms with van der Waals surface area (Å²) >= 11 is 0. The average Bonchev–Trinajstić information content (AvgIpc) is 2.62. The average molecular weight is 317 g/mol. The van der Waals surface area contributed by atoms with E-state index in [4.69, 9.17) is 0 Å². The normalized spacial score (nSPS) is 23.1. The second kappa shape index (κ2) is 7.25. The van der Waals surface area contributed by atoms with E-state index < -0.39 is 0 Å². The van der Waals surface area contributed by atoms with Crippen LogP contribution in [0.3, 0.4) is 0 Å². The quantitative estimate of drug-likeness (QED) is 0.848. The second-order valence-electron chi connectivity index (χ2n) is 6.59. The van der Waals surface area contributed by atoms with Crippen molar-refractivity contribution in [1.82, 2.24) is 19.8 Å². The van der Waals surface area contributed by atoms with E-state index in [0.717, 1.165) is 45.1 Å². The number of aromatic nitrogens is 2. The highest BCUT2D eigenvalue weighted by Gasteiger charge is 2.25. The Morgan fingerprint density at radius 2 is 2.00 bits per heavy atom. The van der Waals surface area contributed by atoms with Gasteiger partial charge in [0.15, 0.2) is 0 Å². The third kappa shape index (κ3) is 3.63. The minimum Gasteiger partial charge on any atom is -0.338 e. The van der Waals surface area contributed by atoms with Gasteiger partial charge < -0.3 is 14.7 Å². The van der Waals surface area contributed by atoms with Gasteiger partial charge in [-0.05, 0) is 38.8 Å². The summed E-state index contributed by atoms with van der Waals surface area (Å²) in [5.74, 6) is 0.753. The lowest BCUT2D eigenvalue weighted by Gasteiger charge is -2.35. The highest BCUT2D eigenvalue weighted by molar-refractivity contribution is 5.92. The first-order valence-electron chi connectivity index (χ1n) is 8.76. The molecule has 126 valence electrons. The number of hydrogen-bond acceptors (Lipinski definition) is 5. The molecule has 3 heterocycles. The van der Waals surface area contributed by atoms with Gasteiger partial charge in [-0.15, -0.1) is 0 Å². The lowest BCUT2D eigenvalue weighted by Crippen LogP contribution is -2.47. The predicted molar refractivity (Wildman–Crippen MR) is 90.7 cm³/mol. The van der Waals surface area contributed by atoms with Gasteiger partial charge in [0.05, 0.1) is 0 Å². The number of carbonyl (C=O) groups excluding carboxylic acids is 1. The highest BCUT2D eigenvalue weighted by atomic mass is 16.2. The van der Waals surface area contributed by atoms with Crippen molar-refractivity contribution >= 4 is 11.9 Å². The number of hydrogen-bond donors (Lipinski definition) is 0. The lowest BCUT2D eigenvalue weighted by molar-refractivity contribution is 0.0658. The van der Waals surface area contributed by atoms with Crippen molar-refractivity contribution in [1.29, 1.82) is 0 Å². The molecule has 0 bridgehead atoms. The van der Waals surface area contributed by atoms with Crippen LogP contribution < -0.4 is 4.90 Å². The molecule has 2 saturated heterocycles. The third-order valence-electron chi connectivity index (χ3n) is 5.01. The number of piperidine rings is 1. The van der Waals surface area contributed by atoms with E-state index in [1.807, 2.05) is 4.90 Å². The molecule has 23 heavy (non-hydrogen) atoms. The zero-order chi connectivity index (χ0) is 16.2. The maximum absolute atomic E-state index is 12.7.